The normalized spacial score (nSPS) is 24.1. The van der Waals surface area contributed by atoms with Gasteiger partial charge in [0.05, 0.1) is 17.6 Å². The number of rotatable bonds is 4. The zero-order valence-electron chi connectivity index (χ0n) is 18.7. The van der Waals surface area contributed by atoms with Gasteiger partial charge in [0.25, 0.3) is 0 Å². The van der Waals surface area contributed by atoms with Crippen LogP contribution in [-0.4, -0.2) is 88.7 Å². The smallest absolute Gasteiger partial charge is 0.338 e. The highest BCUT2D eigenvalue weighted by Crippen LogP contribution is 2.32. The molecule has 182 valence electrons. The number of aromatic nitrogens is 2. The molecule has 34 heavy (non-hydrogen) atoms. The van der Waals surface area contributed by atoms with E-state index in [1.807, 2.05) is 15.9 Å². The van der Waals surface area contributed by atoms with Gasteiger partial charge in [-0.25, -0.2) is 9.97 Å². The van der Waals surface area contributed by atoms with Crippen LogP contribution in [0.5, 0.6) is 0 Å². The fourth-order valence-electron chi connectivity index (χ4n) is 4.76. The largest absolute Gasteiger partial charge is 0.433 e. The number of nitrogens with one attached hydrogen (secondary N) is 1. The average molecular weight is 493 g/mol. The molecular formula is C23H27F3N6OS. The van der Waals surface area contributed by atoms with Crippen molar-refractivity contribution in [2.75, 3.05) is 55.8 Å². The van der Waals surface area contributed by atoms with Crippen molar-refractivity contribution < 1.29 is 18.0 Å². The van der Waals surface area contributed by atoms with Crippen LogP contribution in [0.25, 0.3) is 11.3 Å². The Kier molecular flexibility index (Phi) is 6.67. The fraction of sp³-hybridized carbons (Fsp3) is 0.522. The van der Waals surface area contributed by atoms with Crippen LogP contribution in [0.3, 0.4) is 0 Å². The van der Waals surface area contributed by atoms with Crippen molar-refractivity contribution >= 4 is 23.6 Å². The predicted octanol–water partition coefficient (Wildman–Crippen LogP) is 2.55. The molecule has 2 aromatic rings. The van der Waals surface area contributed by atoms with Crippen molar-refractivity contribution in [2.45, 2.75) is 24.7 Å². The number of anilines is 1. The van der Waals surface area contributed by atoms with Crippen LogP contribution >= 0.6 is 11.8 Å². The first-order valence-electron chi connectivity index (χ1n) is 11.5. The van der Waals surface area contributed by atoms with Crippen LogP contribution in [0, 0.1) is 0 Å². The molecule has 1 aromatic heterocycles. The van der Waals surface area contributed by atoms with Gasteiger partial charge >= 0.3 is 6.18 Å². The molecule has 5 rings (SSSR count). The average Bonchev–Trinajstić information content (AvgIpc) is 3.56. The SMILES string of the molecule is O=C([C@@H]1C[C@H](N2CCN(c3nc(-c4ccccc4)cc(C(F)(F)F)n3)CC2)CN1)N1CCSC1. The van der Waals surface area contributed by atoms with E-state index < -0.39 is 11.9 Å². The summed E-state index contributed by atoms with van der Waals surface area (Å²) in [5, 5.41) is 3.37. The summed E-state index contributed by atoms with van der Waals surface area (Å²) in [6.07, 6.45) is -3.79. The first-order chi connectivity index (χ1) is 16.4. The topological polar surface area (TPSA) is 64.6 Å². The van der Waals surface area contributed by atoms with Gasteiger partial charge in [-0.3, -0.25) is 9.69 Å². The first kappa shape index (κ1) is 23.4. The van der Waals surface area contributed by atoms with Crippen molar-refractivity contribution in [1.29, 1.82) is 0 Å². The standard InChI is InChI=1S/C23H27F3N6OS/c24-23(25,26)20-13-18(16-4-2-1-3-5-16)28-22(29-20)31-8-6-30(7-9-31)17-12-19(27-14-17)21(33)32-10-11-34-15-32/h1-5,13,17,19,27H,6-12,14-15H2/t17-,19-/m0/s1. The molecule has 4 heterocycles. The van der Waals surface area contributed by atoms with E-state index in [0.29, 0.717) is 31.7 Å². The molecule has 7 nitrogen and oxygen atoms in total. The summed E-state index contributed by atoms with van der Waals surface area (Å²) in [4.78, 5) is 27.1. The molecule has 0 saturated carbocycles. The molecule has 3 fully saturated rings. The van der Waals surface area contributed by atoms with Gasteiger partial charge in [-0.15, -0.1) is 11.8 Å². The number of alkyl halides is 3. The van der Waals surface area contributed by atoms with Gasteiger partial charge in [-0.2, -0.15) is 13.2 Å². The van der Waals surface area contributed by atoms with Gasteiger partial charge in [0, 0.05) is 56.6 Å². The number of hydrogen-bond acceptors (Lipinski definition) is 7. The number of piperazine rings is 1. The van der Waals surface area contributed by atoms with E-state index in [1.165, 1.54) is 0 Å². The molecule has 0 unspecified atom stereocenters. The minimum Gasteiger partial charge on any atom is -0.338 e. The number of carbonyl (C=O) groups is 1. The zero-order chi connectivity index (χ0) is 23.7. The second-order valence-electron chi connectivity index (χ2n) is 8.81. The molecule has 0 spiro atoms. The highest BCUT2D eigenvalue weighted by atomic mass is 32.2. The fourth-order valence-corrected chi connectivity index (χ4v) is 5.71. The lowest BCUT2D eigenvalue weighted by molar-refractivity contribution is -0.141. The Morgan fingerprint density at radius 2 is 1.82 bits per heavy atom. The van der Waals surface area contributed by atoms with Crippen LogP contribution in [0.4, 0.5) is 19.1 Å². The third-order valence-electron chi connectivity index (χ3n) is 6.66. The van der Waals surface area contributed by atoms with Crippen LogP contribution < -0.4 is 10.2 Å². The Balaban J connectivity index is 1.25. The molecule has 3 aliphatic rings. The minimum atomic E-state index is -4.55. The summed E-state index contributed by atoms with van der Waals surface area (Å²) in [6.45, 7) is 4.00. The number of amides is 1. The molecule has 3 saturated heterocycles. The summed E-state index contributed by atoms with van der Waals surface area (Å²) in [6, 6.07) is 9.96. The number of thioether (sulfide) groups is 1. The maximum Gasteiger partial charge on any atom is 0.433 e. The lowest BCUT2D eigenvalue weighted by Crippen LogP contribution is -2.51. The Morgan fingerprint density at radius 3 is 2.50 bits per heavy atom. The van der Waals surface area contributed by atoms with E-state index in [2.05, 4.69) is 20.2 Å². The molecule has 0 bridgehead atoms. The van der Waals surface area contributed by atoms with E-state index in [0.717, 1.165) is 37.2 Å². The third kappa shape index (κ3) is 5.01. The predicted molar refractivity (Wildman–Crippen MR) is 125 cm³/mol. The number of benzene rings is 1. The van der Waals surface area contributed by atoms with Gasteiger partial charge in [0.1, 0.15) is 0 Å². The van der Waals surface area contributed by atoms with Crippen molar-refractivity contribution in [3.05, 3.63) is 42.1 Å². The Labute approximate surface area is 200 Å². The maximum atomic E-state index is 13.6. The molecule has 2 atom stereocenters. The zero-order valence-corrected chi connectivity index (χ0v) is 19.5. The molecule has 1 amide bonds. The molecule has 3 aliphatic heterocycles. The number of hydrogen-bond donors (Lipinski definition) is 1. The third-order valence-corrected chi connectivity index (χ3v) is 7.62. The monoisotopic (exact) mass is 492 g/mol. The van der Waals surface area contributed by atoms with E-state index in [9.17, 15) is 18.0 Å². The first-order valence-corrected chi connectivity index (χ1v) is 12.6. The molecular weight excluding hydrogens is 465 g/mol. The molecule has 0 radical (unpaired) electrons. The maximum absolute atomic E-state index is 13.6. The van der Waals surface area contributed by atoms with Crippen LogP contribution in [0.2, 0.25) is 0 Å². The second-order valence-corrected chi connectivity index (χ2v) is 9.89. The van der Waals surface area contributed by atoms with Gasteiger partial charge < -0.3 is 15.1 Å². The highest BCUT2D eigenvalue weighted by molar-refractivity contribution is 7.99. The van der Waals surface area contributed by atoms with E-state index >= 15 is 0 Å². The van der Waals surface area contributed by atoms with Crippen molar-refractivity contribution in [3.8, 4) is 11.3 Å². The van der Waals surface area contributed by atoms with E-state index in [1.54, 1.807) is 36.0 Å². The van der Waals surface area contributed by atoms with Gasteiger partial charge in [0.15, 0.2) is 5.69 Å². The Hall–Kier alpha value is -2.37. The lowest BCUT2D eigenvalue weighted by atomic mass is 10.1. The summed E-state index contributed by atoms with van der Waals surface area (Å²) in [5.41, 5.74) is -0.0404. The minimum absolute atomic E-state index is 0.109. The molecule has 1 N–H and O–H groups in total. The van der Waals surface area contributed by atoms with Gasteiger partial charge in [-0.1, -0.05) is 30.3 Å². The second kappa shape index (κ2) is 9.71. The molecule has 1 aromatic carbocycles. The Bertz CT molecular complexity index is 1010. The van der Waals surface area contributed by atoms with Crippen molar-refractivity contribution in [1.82, 2.24) is 25.1 Å². The molecule has 0 aliphatic carbocycles. The lowest BCUT2D eigenvalue weighted by Gasteiger charge is -2.38. The quantitative estimate of drug-likeness (QED) is 0.704. The van der Waals surface area contributed by atoms with Crippen LogP contribution in [0.1, 0.15) is 12.1 Å². The number of nitrogens with zero attached hydrogens (tertiary/aromatic N) is 5. The highest BCUT2D eigenvalue weighted by Gasteiger charge is 2.38. The summed E-state index contributed by atoms with van der Waals surface area (Å²) < 4.78 is 40.7. The van der Waals surface area contributed by atoms with Gasteiger partial charge in [-0.05, 0) is 12.5 Å². The molecule has 11 heteroatoms. The van der Waals surface area contributed by atoms with Crippen molar-refractivity contribution in [3.63, 3.8) is 0 Å². The number of carbonyl (C=O) groups excluding carboxylic acids is 1. The van der Waals surface area contributed by atoms with Crippen molar-refractivity contribution in [2.24, 2.45) is 0 Å². The van der Waals surface area contributed by atoms with Crippen LogP contribution in [-0.2, 0) is 11.0 Å². The summed E-state index contributed by atoms with van der Waals surface area (Å²) >= 11 is 1.78. The summed E-state index contributed by atoms with van der Waals surface area (Å²) in [7, 11) is 0. The van der Waals surface area contributed by atoms with Crippen LogP contribution in [0.15, 0.2) is 36.4 Å². The van der Waals surface area contributed by atoms with E-state index in [4.69, 9.17) is 0 Å². The Morgan fingerprint density at radius 1 is 1.06 bits per heavy atom. The van der Waals surface area contributed by atoms with Gasteiger partial charge in [0.2, 0.25) is 11.9 Å². The van der Waals surface area contributed by atoms with E-state index in [-0.39, 0.29) is 29.6 Å². The summed E-state index contributed by atoms with van der Waals surface area (Å²) in [5.74, 6) is 2.05. The number of halogens is 3.